The zero-order valence-electron chi connectivity index (χ0n) is 11.1. The fourth-order valence-corrected chi connectivity index (χ4v) is 3.36. The van der Waals surface area contributed by atoms with E-state index in [1.807, 2.05) is 48.5 Å². The molecule has 0 radical (unpaired) electrons. The number of benzene rings is 2. The van der Waals surface area contributed by atoms with Crippen molar-refractivity contribution in [1.29, 1.82) is 0 Å². The van der Waals surface area contributed by atoms with Crippen LogP contribution in [0.2, 0.25) is 0 Å². The van der Waals surface area contributed by atoms with Crippen molar-refractivity contribution < 1.29 is 0 Å². The molecule has 5 heteroatoms. The van der Waals surface area contributed by atoms with E-state index in [-0.39, 0.29) is 5.56 Å². The quantitative estimate of drug-likeness (QED) is 0.570. The van der Waals surface area contributed by atoms with E-state index in [2.05, 4.69) is 9.97 Å². The second-order valence-electron chi connectivity index (χ2n) is 4.75. The molecule has 4 rings (SSSR count). The molecule has 0 aliphatic carbocycles. The summed E-state index contributed by atoms with van der Waals surface area (Å²) in [5.41, 5.74) is 2.53. The molecule has 0 saturated heterocycles. The van der Waals surface area contributed by atoms with Crippen molar-refractivity contribution in [3.05, 3.63) is 70.1 Å². The maximum atomic E-state index is 12.1. The van der Waals surface area contributed by atoms with Gasteiger partial charge in [0.05, 0.1) is 34.0 Å². The third-order valence-corrected chi connectivity index (χ3v) is 4.41. The molecule has 0 aliphatic heterocycles. The number of thiazole rings is 1. The number of fused-ring (bicyclic) bond motifs is 2. The molecular weight excluding hydrogens is 282 g/mol. The molecular formula is C16H11N3OS. The van der Waals surface area contributed by atoms with Crippen LogP contribution in [0.5, 0.6) is 0 Å². The van der Waals surface area contributed by atoms with Crippen molar-refractivity contribution in [1.82, 2.24) is 14.5 Å². The molecule has 0 atom stereocenters. The Morgan fingerprint density at radius 1 is 1.00 bits per heavy atom. The van der Waals surface area contributed by atoms with Crippen molar-refractivity contribution >= 4 is 32.6 Å². The standard InChI is InChI=1S/C16H11N3OS/c20-16-9-17-11-5-1-3-7-13(11)19(16)10-15-18-12-6-2-4-8-14(12)21-15/h1-9H,10H2. The maximum absolute atomic E-state index is 12.1. The summed E-state index contributed by atoms with van der Waals surface area (Å²) in [6, 6.07) is 15.7. The lowest BCUT2D eigenvalue weighted by molar-refractivity contribution is 0.782. The van der Waals surface area contributed by atoms with Gasteiger partial charge >= 0.3 is 0 Å². The van der Waals surface area contributed by atoms with Gasteiger partial charge in [0.15, 0.2) is 0 Å². The number of rotatable bonds is 2. The van der Waals surface area contributed by atoms with E-state index < -0.39 is 0 Å². The van der Waals surface area contributed by atoms with Gasteiger partial charge in [0.1, 0.15) is 5.01 Å². The van der Waals surface area contributed by atoms with Crippen LogP contribution in [0.25, 0.3) is 21.3 Å². The predicted molar refractivity (Wildman–Crippen MR) is 84.7 cm³/mol. The molecule has 0 amide bonds. The van der Waals surface area contributed by atoms with E-state index in [1.54, 1.807) is 15.9 Å². The smallest absolute Gasteiger partial charge is 0.269 e. The van der Waals surface area contributed by atoms with Crippen LogP contribution >= 0.6 is 11.3 Å². The summed E-state index contributed by atoms with van der Waals surface area (Å²) in [4.78, 5) is 20.9. The van der Waals surface area contributed by atoms with E-state index >= 15 is 0 Å². The monoisotopic (exact) mass is 293 g/mol. The van der Waals surface area contributed by atoms with Crippen molar-refractivity contribution in [3.63, 3.8) is 0 Å². The van der Waals surface area contributed by atoms with E-state index in [0.717, 1.165) is 26.3 Å². The van der Waals surface area contributed by atoms with E-state index in [1.165, 1.54) is 6.20 Å². The molecule has 0 unspecified atom stereocenters. The Morgan fingerprint density at radius 3 is 2.62 bits per heavy atom. The minimum Gasteiger partial charge on any atom is -0.299 e. The van der Waals surface area contributed by atoms with Crippen LogP contribution in [-0.4, -0.2) is 14.5 Å². The van der Waals surface area contributed by atoms with Crippen LogP contribution in [0.4, 0.5) is 0 Å². The zero-order chi connectivity index (χ0) is 14.2. The molecule has 2 heterocycles. The molecule has 0 aliphatic rings. The molecule has 2 aromatic heterocycles. The summed E-state index contributed by atoms with van der Waals surface area (Å²) in [5, 5.41) is 0.926. The zero-order valence-corrected chi connectivity index (χ0v) is 11.9. The Kier molecular flexibility index (Phi) is 2.79. The first-order chi connectivity index (χ1) is 10.3. The Morgan fingerprint density at radius 2 is 1.76 bits per heavy atom. The minimum atomic E-state index is -0.104. The highest BCUT2D eigenvalue weighted by Gasteiger charge is 2.08. The maximum Gasteiger partial charge on any atom is 0.269 e. The number of para-hydroxylation sites is 3. The van der Waals surface area contributed by atoms with Gasteiger partial charge in [0.2, 0.25) is 0 Å². The summed E-state index contributed by atoms with van der Waals surface area (Å²) in [6.45, 7) is 0.473. The molecule has 102 valence electrons. The first-order valence-electron chi connectivity index (χ1n) is 6.60. The summed E-state index contributed by atoms with van der Waals surface area (Å²) < 4.78 is 2.86. The highest BCUT2D eigenvalue weighted by molar-refractivity contribution is 7.18. The average Bonchev–Trinajstić information content (AvgIpc) is 2.92. The van der Waals surface area contributed by atoms with Gasteiger partial charge < -0.3 is 0 Å². The van der Waals surface area contributed by atoms with Crippen LogP contribution in [0.15, 0.2) is 59.5 Å². The molecule has 4 nitrogen and oxygen atoms in total. The van der Waals surface area contributed by atoms with E-state index in [4.69, 9.17) is 0 Å². The number of nitrogens with zero attached hydrogens (tertiary/aromatic N) is 3. The lowest BCUT2D eigenvalue weighted by Crippen LogP contribution is -2.20. The lowest BCUT2D eigenvalue weighted by atomic mass is 10.3. The molecule has 0 N–H and O–H groups in total. The number of aromatic nitrogens is 3. The third kappa shape index (κ3) is 2.11. The van der Waals surface area contributed by atoms with E-state index in [9.17, 15) is 4.79 Å². The van der Waals surface area contributed by atoms with Gasteiger partial charge in [-0.3, -0.25) is 9.36 Å². The third-order valence-electron chi connectivity index (χ3n) is 3.38. The molecule has 2 aromatic carbocycles. The second-order valence-corrected chi connectivity index (χ2v) is 5.86. The SMILES string of the molecule is O=c1cnc2ccccc2n1Cc1nc2ccccc2s1. The highest BCUT2D eigenvalue weighted by Crippen LogP contribution is 2.22. The summed E-state index contributed by atoms with van der Waals surface area (Å²) in [6.07, 6.45) is 1.37. The Hall–Kier alpha value is -2.53. The van der Waals surface area contributed by atoms with Crippen LogP contribution in [0, 0.1) is 0 Å². The first kappa shape index (κ1) is 12.2. The van der Waals surface area contributed by atoms with Crippen molar-refractivity contribution in [2.45, 2.75) is 6.54 Å². The lowest BCUT2D eigenvalue weighted by Gasteiger charge is -2.07. The molecule has 0 saturated carbocycles. The molecule has 21 heavy (non-hydrogen) atoms. The average molecular weight is 293 g/mol. The highest BCUT2D eigenvalue weighted by atomic mass is 32.1. The van der Waals surface area contributed by atoms with Gasteiger partial charge in [-0.15, -0.1) is 11.3 Å². The number of hydrogen-bond donors (Lipinski definition) is 0. The van der Waals surface area contributed by atoms with Crippen LogP contribution < -0.4 is 5.56 Å². The summed E-state index contributed by atoms with van der Waals surface area (Å²) >= 11 is 1.62. The fourth-order valence-electron chi connectivity index (χ4n) is 2.40. The molecule has 0 bridgehead atoms. The second kappa shape index (κ2) is 4.79. The van der Waals surface area contributed by atoms with Crippen LogP contribution in [-0.2, 0) is 6.54 Å². The van der Waals surface area contributed by atoms with Gasteiger partial charge in [0.25, 0.3) is 5.56 Å². The Balaban J connectivity index is 1.87. The molecule has 0 spiro atoms. The van der Waals surface area contributed by atoms with Crippen molar-refractivity contribution in [2.24, 2.45) is 0 Å². The normalized spacial score (nSPS) is 11.2. The van der Waals surface area contributed by atoms with Gasteiger partial charge in [-0.2, -0.15) is 0 Å². The summed E-state index contributed by atoms with van der Waals surface area (Å²) in [7, 11) is 0. The summed E-state index contributed by atoms with van der Waals surface area (Å²) in [5.74, 6) is 0. The fraction of sp³-hybridized carbons (Fsp3) is 0.0625. The van der Waals surface area contributed by atoms with Gasteiger partial charge in [-0.1, -0.05) is 24.3 Å². The largest absolute Gasteiger partial charge is 0.299 e. The molecule has 4 aromatic rings. The first-order valence-corrected chi connectivity index (χ1v) is 7.42. The molecule has 0 fully saturated rings. The van der Waals surface area contributed by atoms with Gasteiger partial charge in [0, 0.05) is 0 Å². The van der Waals surface area contributed by atoms with Gasteiger partial charge in [-0.25, -0.2) is 9.97 Å². The van der Waals surface area contributed by atoms with Gasteiger partial charge in [-0.05, 0) is 24.3 Å². The van der Waals surface area contributed by atoms with Crippen molar-refractivity contribution in [2.75, 3.05) is 0 Å². The topological polar surface area (TPSA) is 47.8 Å². The van der Waals surface area contributed by atoms with Crippen molar-refractivity contribution in [3.8, 4) is 0 Å². The Bertz CT molecular complexity index is 970. The predicted octanol–water partition coefficient (Wildman–Crippen LogP) is 3.05. The van der Waals surface area contributed by atoms with Crippen LogP contribution in [0.3, 0.4) is 0 Å². The van der Waals surface area contributed by atoms with E-state index in [0.29, 0.717) is 6.54 Å². The van der Waals surface area contributed by atoms with Crippen LogP contribution in [0.1, 0.15) is 5.01 Å². The Labute approximate surface area is 124 Å². The minimum absolute atomic E-state index is 0.104. The number of hydrogen-bond acceptors (Lipinski definition) is 4.